The van der Waals surface area contributed by atoms with Gasteiger partial charge in [0, 0.05) is 17.8 Å². The van der Waals surface area contributed by atoms with Gasteiger partial charge in [0.1, 0.15) is 0 Å². The molecule has 1 heterocycles. The zero-order valence-corrected chi connectivity index (χ0v) is 11.6. The fraction of sp³-hybridized carbons (Fsp3) is 0.400. The molecule has 1 N–H and O–H groups in total. The third kappa shape index (κ3) is 2.46. The molecule has 0 radical (unpaired) electrons. The normalized spacial score (nSPS) is 10.9. The van der Waals surface area contributed by atoms with Crippen LogP contribution in [0, 0.1) is 20.8 Å². The van der Waals surface area contributed by atoms with Crippen LogP contribution < -0.4 is 5.32 Å². The first-order valence-electron chi connectivity index (χ1n) is 6.35. The van der Waals surface area contributed by atoms with Crippen LogP contribution in [0.2, 0.25) is 0 Å². The molecule has 0 aliphatic carbocycles. The molecule has 0 fully saturated rings. The highest BCUT2D eigenvalue weighted by atomic mass is 15.3. The van der Waals surface area contributed by atoms with Gasteiger partial charge in [-0.05, 0) is 38.9 Å². The van der Waals surface area contributed by atoms with Crippen molar-refractivity contribution in [3.63, 3.8) is 0 Å². The number of hydrogen-bond acceptors (Lipinski definition) is 2. The van der Waals surface area contributed by atoms with Crippen LogP contribution in [0.4, 0.5) is 0 Å². The summed E-state index contributed by atoms with van der Waals surface area (Å²) in [5.74, 6) is 0. The number of benzene rings is 1. The number of aryl methyl sites for hydroxylation is 2. The van der Waals surface area contributed by atoms with Gasteiger partial charge in [0.25, 0.3) is 0 Å². The van der Waals surface area contributed by atoms with Crippen LogP contribution in [0.15, 0.2) is 24.3 Å². The van der Waals surface area contributed by atoms with Crippen LogP contribution in [0.3, 0.4) is 0 Å². The van der Waals surface area contributed by atoms with Gasteiger partial charge in [-0.2, -0.15) is 5.10 Å². The quantitative estimate of drug-likeness (QED) is 0.894. The van der Waals surface area contributed by atoms with Crippen molar-refractivity contribution in [2.75, 3.05) is 7.05 Å². The molecule has 0 bridgehead atoms. The lowest BCUT2D eigenvalue weighted by Crippen LogP contribution is -2.08. The van der Waals surface area contributed by atoms with Crippen molar-refractivity contribution >= 4 is 0 Å². The Morgan fingerprint density at radius 1 is 1.17 bits per heavy atom. The summed E-state index contributed by atoms with van der Waals surface area (Å²) in [4.78, 5) is 0. The third-order valence-corrected chi connectivity index (χ3v) is 3.47. The van der Waals surface area contributed by atoms with E-state index in [1.54, 1.807) is 0 Å². The fourth-order valence-electron chi connectivity index (χ4n) is 2.27. The van der Waals surface area contributed by atoms with E-state index in [-0.39, 0.29) is 0 Å². The van der Waals surface area contributed by atoms with E-state index in [2.05, 4.69) is 60.1 Å². The maximum Gasteiger partial charge on any atom is 0.0665 e. The van der Waals surface area contributed by atoms with Gasteiger partial charge in [0.15, 0.2) is 0 Å². The lowest BCUT2D eigenvalue weighted by molar-refractivity contribution is 0.654. The summed E-state index contributed by atoms with van der Waals surface area (Å²) >= 11 is 0. The summed E-state index contributed by atoms with van der Waals surface area (Å²) in [5, 5.41) is 7.84. The summed E-state index contributed by atoms with van der Waals surface area (Å²) in [5.41, 5.74) is 6.34. The largest absolute Gasteiger partial charge is 0.316 e. The zero-order valence-electron chi connectivity index (χ0n) is 11.6. The first-order valence-corrected chi connectivity index (χ1v) is 6.35. The van der Waals surface area contributed by atoms with Crippen LogP contribution in [0.1, 0.15) is 28.1 Å². The van der Waals surface area contributed by atoms with Crippen LogP contribution in [0.5, 0.6) is 0 Å². The highest BCUT2D eigenvalue weighted by Gasteiger charge is 2.11. The van der Waals surface area contributed by atoms with Crippen LogP contribution in [-0.4, -0.2) is 16.8 Å². The van der Waals surface area contributed by atoms with Crippen molar-refractivity contribution in [1.82, 2.24) is 15.1 Å². The Hall–Kier alpha value is -1.61. The lowest BCUT2D eigenvalue weighted by Gasteiger charge is -2.08. The zero-order chi connectivity index (χ0) is 13.1. The first kappa shape index (κ1) is 12.8. The maximum atomic E-state index is 4.64. The second kappa shape index (κ2) is 5.36. The standard InChI is InChI=1S/C15H21N3/c1-11-7-5-6-8-14(11)10-18-13(3)15(9-16-4)12(2)17-18/h5-8,16H,9-10H2,1-4H3. The van der Waals surface area contributed by atoms with Crippen molar-refractivity contribution in [2.45, 2.75) is 33.9 Å². The smallest absolute Gasteiger partial charge is 0.0665 e. The molecule has 0 aliphatic rings. The third-order valence-electron chi connectivity index (χ3n) is 3.47. The molecular formula is C15H21N3. The molecule has 2 rings (SSSR count). The van der Waals surface area contributed by atoms with E-state index in [9.17, 15) is 0 Å². The van der Waals surface area contributed by atoms with Crippen molar-refractivity contribution in [2.24, 2.45) is 0 Å². The van der Waals surface area contributed by atoms with Gasteiger partial charge in [-0.3, -0.25) is 4.68 Å². The van der Waals surface area contributed by atoms with Crippen LogP contribution in [-0.2, 0) is 13.1 Å². The molecule has 0 unspecified atom stereocenters. The van der Waals surface area contributed by atoms with E-state index >= 15 is 0 Å². The van der Waals surface area contributed by atoms with E-state index in [4.69, 9.17) is 0 Å². The van der Waals surface area contributed by atoms with Gasteiger partial charge >= 0.3 is 0 Å². The van der Waals surface area contributed by atoms with Crippen molar-refractivity contribution in [3.8, 4) is 0 Å². The molecular weight excluding hydrogens is 222 g/mol. The number of nitrogens with zero attached hydrogens (tertiary/aromatic N) is 2. The minimum atomic E-state index is 0.850. The second-order valence-corrected chi connectivity index (χ2v) is 4.76. The monoisotopic (exact) mass is 243 g/mol. The number of nitrogens with one attached hydrogen (secondary N) is 1. The van der Waals surface area contributed by atoms with E-state index in [0.29, 0.717) is 0 Å². The minimum absolute atomic E-state index is 0.850. The topological polar surface area (TPSA) is 29.9 Å². The summed E-state index contributed by atoms with van der Waals surface area (Å²) < 4.78 is 2.10. The number of rotatable bonds is 4. The van der Waals surface area contributed by atoms with E-state index in [1.807, 2.05) is 7.05 Å². The molecule has 1 aromatic heterocycles. The van der Waals surface area contributed by atoms with Crippen LogP contribution in [0.25, 0.3) is 0 Å². The summed E-state index contributed by atoms with van der Waals surface area (Å²) in [6, 6.07) is 8.48. The molecule has 0 aliphatic heterocycles. The van der Waals surface area contributed by atoms with Crippen molar-refractivity contribution < 1.29 is 0 Å². The Bertz CT molecular complexity index is 541. The minimum Gasteiger partial charge on any atom is -0.316 e. The molecule has 96 valence electrons. The van der Waals surface area contributed by atoms with Gasteiger partial charge in [0.2, 0.25) is 0 Å². The number of aromatic nitrogens is 2. The van der Waals surface area contributed by atoms with Gasteiger partial charge in [-0.25, -0.2) is 0 Å². The Morgan fingerprint density at radius 2 is 1.89 bits per heavy atom. The summed E-state index contributed by atoms with van der Waals surface area (Å²) in [7, 11) is 1.97. The van der Waals surface area contributed by atoms with E-state index < -0.39 is 0 Å². The van der Waals surface area contributed by atoms with Crippen LogP contribution >= 0.6 is 0 Å². The molecule has 0 atom stereocenters. The average Bonchev–Trinajstić information content (AvgIpc) is 2.60. The molecule has 18 heavy (non-hydrogen) atoms. The predicted molar refractivity (Wildman–Crippen MR) is 74.7 cm³/mol. The highest BCUT2D eigenvalue weighted by molar-refractivity contribution is 5.29. The molecule has 1 aromatic carbocycles. The molecule has 3 nitrogen and oxygen atoms in total. The van der Waals surface area contributed by atoms with Gasteiger partial charge in [0.05, 0.1) is 12.2 Å². The molecule has 0 spiro atoms. The first-order chi connectivity index (χ1) is 8.63. The lowest BCUT2D eigenvalue weighted by atomic mass is 10.1. The van der Waals surface area contributed by atoms with Gasteiger partial charge in [-0.1, -0.05) is 24.3 Å². The Balaban J connectivity index is 2.30. The molecule has 0 saturated carbocycles. The van der Waals surface area contributed by atoms with Crippen molar-refractivity contribution in [1.29, 1.82) is 0 Å². The molecule has 2 aromatic rings. The predicted octanol–water partition coefficient (Wildman–Crippen LogP) is 2.58. The maximum absolute atomic E-state index is 4.64. The van der Waals surface area contributed by atoms with Gasteiger partial charge < -0.3 is 5.32 Å². The summed E-state index contributed by atoms with van der Waals surface area (Å²) in [6.45, 7) is 8.10. The second-order valence-electron chi connectivity index (χ2n) is 4.76. The molecule has 0 amide bonds. The molecule has 3 heteroatoms. The summed E-state index contributed by atoms with van der Waals surface area (Å²) in [6.07, 6.45) is 0. The Labute approximate surface area is 109 Å². The Kier molecular flexibility index (Phi) is 3.82. The van der Waals surface area contributed by atoms with E-state index in [1.165, 1.54) is 22.4 Å². The Morgan fingerprint density at radius 3 is 2.56 bits per heavy atom. The van der Waals surface area contributed by atoms with E-state index in [0.717, 1.165) is 18.8 Å². The van der Waals surface area contributed by atoms with Gasteiger partial charge in [-0.15, -0.1) is 0 Å². The fourth-order valence-corrected chi connectivity index (χ4v) is 2.27. The SMILES string of the molecule is CNCc1c(C)nn(Cc2ccccc2C)c1C. The number of hydrogen-bond donors (Lipinski definition) is 1. The van der Waals surface area contributed by atoms with Crippen molar-refractivity contribution in [3.05, 3.63) is 52.3 Å². The average molecular weight is 243 g/mol. The highest BCUT2D eigenvalue weighted by Crippen LogP contribution is 2.16. The molecule has 0 saturated heterocycles.